The number of esters is 1. The highest BCUT2D eigenvalue weighted by molar-refractivity contribution is 6.36. The van der Waals surface area contributed by atoms with Crippen LogP contribution in [0.3, 0.4) is 0 Å². The van der Waals surface area contributed by atoms with Gasteiger partial charge in [-0.25, -0.2) is 9.18 Å². The Kier molecular flexibility index (Phi) is 6.71. The molecule has 0 heterocycles. The van der Waals surface area contributed by atoms with Crippen molar-refractivity contribution >= 4 is 46.5 Å². The number of hydrogen-bond donors (Lipinski definition) is 1. The van der Waals surface area contributed by atoms with E-state index in [0.717, 1.165) is 12.1 Å². The normalized spacial score (nSPS) is 10.3. The summed E-state index contributed by atoms with van der Waals surface area (Å²) in [5, 5.41) is 2.35. The van der Waals surface area contributed by atoms with Gasteiger partial charge in [-0.15, -0.1) is 0 Å². The lowest BCUT2D eigenvalue weighted by atomic mass is 10.1. The highest BCUT2D eigenvalue weighted by atomic mass is 35.5. The van der Waals surface area contributed by atoms with E-state index in [9.17, 15) is 18.8 Å². The fraction of sp³-hybridized carbons (Fsp3) is 0.167. The second-order valence-electron chi connectivity index (χ2n) is 5.22. The molecule has 0 aliphatic heterocycles. The molecule has 0 radical (unpaired) electrons. The number of amides is 1. The Hall–Kier alpha value is -2.44. The van der Waals surface area contributed by atoms with Gasteiger partial charge in [0.05, 0.1) is 15.6 Å². The molecule has 1 N–H and O–H groups in total. The lowest BCUT2D eigenvalue weighted by molar-refractivity contribution is -0.115. The first-order valence-corrected chi connectivity index (χ1v) is 8.32. The van der Waals surface area contributed by atoms with Crippen LogP contribution in [0.25, 0.3) is 0 Å². The maximum Gasteiger partial charge on any atom is 0.340 e. The molecule has 0 aromatic heterocycles. The number of anilines is 1. The minimum absolute atomic E-state index is 0.0788. The summed E-state index contributed by atoms with van der Waals surface area (Å²) in [6, 6.07) is 8.05. The Morgan fingerprint density at radius 3 is 2.35 bits per heavy atom. The highest BCUT2D eigenvalue weighted by Crippen LogP contribution is 2.25. The van der Waals surface area contributed by atoms with Crippen molar-refractivity contribution < 1.29 is 23.5 Å². The summed E-state index contributed by atoms with van der Waals surface area (Å²) in [6.07, 6.45) is 0.338. The molecule has 0 atom stereocenters. The summed E-state index contributed by atoms with van der Waals surface area (Å²) in [6.45, 7) is 1.18. The number of halogens is 3. The SMILES string of the molecule is CCC(=O)Nc1ccc(C(=O)COC(=O)c2cc(F)c(Cl)cc2Cl)cc1. The zero-order valence-electron chi connectivity index (χ0n) is 13.6. The Morgan fingerprint density at radius 2 is 1.73 bits per heavy atom. The van der Waals surface area contributed by atoms with Crippen LogP contribution in [-0.2, 0) is 9.53 Å². The third-order valence-electron chi connectivity index (χ3n) is 3.38. The van der Waals surface area contributed by atoms with E-state index >= 15 is 0 Å². The largest absolute Gasteiger partial charge is 0.454 e. The third-order valence-corrected chi connectivity index (χ3v) is 3.98. The van der Waals surface area contributed by atoms with Gasteiger partial charge in [0, 0.05) is 17.7 Å². The van der Waals surface area contributed by atoms with Gasteiger partial charge in [0.25, 0.3) is 0 Å². The standard InChI is InChI=1S/C18H14Cl2FNO4/c1-2-17(24)22-11-5-3-10(4-6-11)16(23)9-26-18(25)12-7-15(21)14(20)8-13(12)19/h3-8H,2,9H2,1H3,(H,22,24). The lowest BCUT2D eigenvalue weighted by Crippen LogP contribution is -2.15. The van der Waals surface area contributed by atoms with Crippen molar-refractivity contribution in [3.8, 4) is 0 Å². The number of Topliss-reactive ketones (excluding diaryl/α,β-unsaturated/α-hetero) is 1. The molecule has 136 valence electrons. The number of carbonyl (C=O) groups excluding carboxylic acids is 3. The first kappa shape index (κ1) is 19.9. The summed E-state index contributed by atoms with van der Waals surface area (Å²) < 4.78 is 18.3. The quantitative estimate of drug-likeness (QED) is 0.441. The van der Waals surface area contributed by atoms with E-state index in [0.29, 0.717) is 17.7 Å². The zero-order valence-corrected chi connectivity index (χ0v) is 15.2. The number of carbonyl (C=O) groups is 3. The van der Waals surface area contributed by atoms with Crippen LogP contribution in [0.5, 0.6) is 0 Å². The molecular formula is C18H14Cl2FNO4. The molecule has 1 amide bonds. The molecule has 0 aliphatic carbocycles. The van der Waals surface area contributed by atoms with Crippen LogP contribution in [-0.4, -0.2) is 24.3 Å². The molecule has 2 rings (SSSR count). The molecule has 0 saturated carbocycles. The van der Waals surface area contributed by atoms with Crippen LogP contribution in [0.4, 0.5) is 10.1 Å². The molecule has 0 spiro atoms. The maximum atomic E-state index is 13.4. The zero-order chi connectivity index (χ0) is 19.3. The van der Waals surface area contributed by atoms with Crippen LogP contribution < -0.4 is 5.32 Å². The summed E-state index contributed by atoms with van der Waals surface area (Å²) in [4.78, 5) is 35.3. The fourth-order valence-electron chi connectivity index (χ4n) is 1.96. The van der Waals surface area contributed by atoms with Crippen LogP contribution in [0.1, 0.15) is 34.1 Å². The molecule has 0 bridgehead atoms. The van der Waals surface area contributed by atoms with Gasteiger partial charge < -0.3 is 10.1 Å². The molecular weight excluding hydrogens is 384 g/mol. The summed E-state index contributed by atoms with van der Waals surface area (Å²) in [5.74, 6) is -2.37. The number of nitrogens with one attached hydrogen (secondary N) is 1. The Balaban J connectivity index is 1.99. The average molecular weight is 398 g/mol. The number of benzene rings is 2. The number of ketones is 1. The van der Waals surface area contributed by atoms with Crippen molar-refractivity contribution in [3.63, 3.8) is 0 Å². The average Bonchev–Trinajstić information content (AvgIpc) is 2.62. The van der Waals surface area contributed by atoms with Gasteiger partial charge in [-0.3, -0.25) is 9.59 Å². The van der Waals surface area contributed by atoms with Crippen molar-refractivity contribution in [1.29, 1.82) is 0 Å². The topological polar surface area (TPSA) is 72.5 Å². The van der Waals surface area contributed by atoms with Crippen LogP contribution in [0, 0.1) is 5.82 Å². The van der Waals surface area contributed by atoms with E-state index in [-0.39, 0.29) is 21.5 Å². The predicted octanol–water partition coefficient (Wildman–Crippen LogP) is 4.52. The Labute approximate surface area is 159 Å². The van der Waals surface area contributed by atoms with Gasteiger partial charge >= 0.3 is 5.97 Å². The lowest BCUT2D eigenvalue weighted by Gasteiger charge is -2.08. The van der Waals surface area contributed by atoms with Gasteiger partial charge in [-0.05, 0) is 36.4 Å². The molecule has 2 aromatic carbocycles. The summed E-state index contributed by atoms with van der Waals surface area (Å²) >= 11 is 11.4. The minimum Gasteiger partial charge on any atom is -0.454 e. The van der Waals surface area contributed by atoms with E-state index in [1.54, 1.807) is 19.1 Å². The van der Waals surface area contributed by atoms with Crippen molar-refractivity contribution in [1.82, 2.24) is 0 Å². The Morgan fingerprint density at radius 1 is 1.08 bits per heavy atom. The molecule has 2 aromatic rings. The highest BCUT2D eigenvalue weighted by Gasteiger charge is 2.17. The Bertz CT molecular complexity index is 853. The van der Waals surface area contributed by atoms with E-state index in [2.05, 4.69) is 5.32 Å². The monoisotopic (exact) mass is 397 g/mol. The van der Waals surface area contributed by atoms with E-state index in [1.165, 1.54) is 12.1 Å². The number of rotatable bonds is 6. The van der Waals surface area contributed by atoms with Crippen molar-refractivity contribution in [2.75, 3.05) is 11.9 Å². The van der Waals surface area contributed by atoms with Crippen molar-refractivity contribution in [2.24, 2.45) is 0 Å². The molecule has 0 unspecified atom stereocenters. The van der Waals surface area contributed by atoms with Gasteiger partial charge in [-0.2, -0.15) is 0 Å². The molecule has 0 saturated heterocycles. The molecule has 0 fully saturated rings. The molecule has 8 heteroatoms. The fourth-order valence-corrected chi connectivity index (χ4v) is 2.42. The van der Waals surface area contributed by atoms with Crippen LogP contribution in [0.15, 0.2) is 36.4 Å². The van der Waals surface area contributed by atoms with Gasteiger partial charge in [0.2, 0.25) is 5.91 Å². The third kappa shape index (κ3) is 5.03. The number of hydrogen-bond acceptors (Lipinski definition) is 4. The van der Waals surface area contributed by atoms with E-state index in [1.807, 2.05) is 0 Å². The van der Waals surface area contributed by atoms with Gasteiger partial charge in [0.1, 0.15) is 5.82 Å². The minimum atomic E-state index is -0.939. The van der Waals surface area contributed by atoms with Crippen LogP contribution >= 0.6 is 23.2 Å². The molecule has 5 nitrogen and oxygen atoms in total. The molecule has 0 aliphatic rings. The summed E-state index contributed by atoms with van der Waals surface area (Å²) in [5.41, 5.74) is 0.619. The van der Waals surface area contributed by atoms with Crippen molar-refractivity contribution in [3.05, 3.63) is 63.4 Å². The first-order valence-electron chi connectivity index (χ1n) is 7.56. The smallest absolute Gasteiger partial charge is 0.340 e. The maximum absolute atomic E-state index is 13.4. The molecule has 26 heavy (non-hydrogen) atoms. The van der Waals surface area contributed by atoms with E-state index < -0.39 is 24.2 Å². The summed E-state index contributed by atoms with van der Waals surface area (Å²) in [7, 11) is 0. The first-order chi connectivity index (χ1) is 12.3. The van der Waals surface area contributed by atoms with Gasteiger partial charge in [-0.1, -0.05) is 30.1 Å². The second-order valence-corrected chi connectivity index (χ2v) is 6.04. The van der Waals surface area contributed by atoms with Gasteiger partial charge in [0.15, 0.2) is 12.4 Å². The predicted molar refractivity (Wildman–Crippen MR) is 96.4 cm³/mol. The van der Waals surface area contributed by atoms with Crippen LogP contribution in [0.2, 0.25) is 10.0 Å². The van der Waals surface area contributed by atoms with Crippen molar-refractivity contribution in [2.45, 2.75) is 13.3 Å². The number of ether oxygens (including phenoxy) is 1. The van der Waals surface area contributed by atoms with E-state index in [4.69, 9.17) is 27.9 Å². The second kappa shape index (κ2) is 8.78.